The van der Waals surface area contributed by atoms with Crippen LogP contribution in [-0.2, 0) is 6.42 Å². The molecule has 0 spiro atoms. The number of imidazole rings is 1. The summed E-state index contributed by atoms with van der Waals surface area (Å²) in [6, 6.07) is 14.3. The summed E-state index contributed by atoms with van der Waals surface area (Å²) in [5, 5.41) is 9.27. The van der Waals surface area contributed by atoms with Crippen molar-refractivity contribution in [1.29, 1.82) is 5.26 Å². The Morgan fingerprint density at radius 1 is 1.19 bits per heavy atom. The van der Waals surface area contributed by atoms with E-state index in [2.05, 4.69) is 4.98 Å². The predicted octanol–water partition coefficient (Wildman–Crippen LogP) is 2.54. The number of nitrogens with zero attached hydrogens (tertiary/aromatic N) is 3. The van der Waals surface area contributed by atoms with E-state index in [1.54, 1.807) is 6.07 Å². The molecular formula is C16H13FN4. The zero-order chi connectivity index (χ0) is 14.8. The van der Waals surface area contributed by atoms with Crippen molar-refractivity contribution in [3.05, 3.63) is 59.7 Å². The van der Waals surface area contributed by atoms with Gasteiger partial charge in [0.15, 0.2) is 0 Å². The van der Waals surface area contributed by atoms with E-state index in [9.17, 15) is 9.65 Å². The molecular weight excluding hydrogens is 267 g/mol. The highest BCUT2D eigenvalue weighted by molar-refractivity contribution is 5.84. The Bertz CT molecular complexity index is 831. The Labute approximate surface area is 121 Å². The molecule has 5 heteroatoms. The first-order chi connectivity index (χ1) is 10.3. The summed E-state index contributed by atoms with van der Waals surface area (Å²) in [5.41, 5.74) is 7.57. The molecule has 2 aromatic carbocycles. The number of hydrogen-bond acceptors (Lipinski definition) is 3. The van der Waals surface area contributed by atoms with Crippen LogP contribution in [0, 0.1) is 17.1 Å². The largest absolute Gasteiger partial charge is 0.330 e. The van der Waals surface area contributed by atoms with E-state index in [4.69, 9.17) is 5.73 Å². The molecule has 104 valence electrons. The van der Waals surface area contributed by atoms with Crippen LogP contribution in [0.3, 0.4) is 0 Å². The van der Waals surface area contributed by atoms with Crippen molar-refractivity contribution >= 4 is 11.0 Å². The minimum absolute atomic E-state index is 0.00660. The van der Waals surface area contributed by atoms with Crippen LogP contribution in [0.2, 0.25) is 0 Å². The van der Waals surface area contributed by atoms with Crippen LogP contribution in [0.4, 0.5) is 4.39 Å². The Kier molecular flexibility index (Phi) is 3.38. The molecule has 0 saturated carbocycles. The quantitative estimate of drug-likeness (QED) is 0.801. The smallest absolute Gasteiger partial charge is 0.143 e. The lowest BCUT2D eigenvalue weighted by Crippen LogP contribution is -2.09. The van der Waals surface area contributed by atoms with Crippen LogP contribution in [0.25, 0.3) is 16.7 Å². The number of nitrogens with two attached hydrogens (primary N) is 1. The van der Waals surface area contributed by atoms with Gasteiger partial charge in [-0.2, -0.15) is 5.26 Å². The Balaban J connectivity index is 2.41. The Morgan fingerprint density at radius 3 is 2.62 bits per heavy atom. The molecule has 0 aliphatic carbocycles. The highest BCUT2D eigenvalue weighted by Crippen LogP contribution is 2.26. The van der Waals surface area contributed by atoms with E-state index >= 15 is 0 Å². The molecule has 2 N–H and O–H groups in total. The number of halogens is 1. The maximum absolute atomic E-state index is 13.9. The maximum atomic E-state index is 13.9. The average molecular weight is 280 g/mol. The second kappa shape index (κ2) is 5.35. The zero-order valence-corrected chi connectivity index (χ0v) is 11.3. The molecule has 0 radical (unpaired) electrons. The van der Waals surface area contributed by atoms with E-state index in [0.717, 1.165) is 11.5 Å². The van der Waals surface area contributed by atoms with Gasteiger partial charge in [-0.05, 0) is 30.8 Å². The first-order valence-electron chi connectivity index (χ1n) is 6.61. The summed E-state index contributed by atoms with van der Waals surface area (Å²) < 4.78 is 15.7. The molecule has 0 unspecified atom stereocenters. The van der Waals surface area contributed by atoms with Gasteiger partial charge in [0.25, 0.3) is 0 Å². The highest BCUT2D eigenvalue weighted by atomic mass is 19.1. The van der Waals surface area contributed by atoms with Gasteiger partial charge in [-0.3, -0.25) is 4.57 Å². The number of rotatable bonds is 3. The van der Waals surface area contributed by atoms with Crippen molar-refractivity contribution in [2.45, 2.75) is 6.42 Å². The normalized spacial score (nSPS) is 10.7. The van der Waals surface area contributed by atoms with Gasteiger partial charge in [-0.25, -0.2) is 9.37 Å². The van der Waals surface area contributed by atoms with Gasteiger partial charge in [-0.15, -0.1) is 0 Å². The molecule has 0 aliphatic heterocycles. The fraction of sp³-hybridized carbons (Fsp3) is 0.125. The lowest BCUT2D eigenvalue weighted by Gasteiger charge is -2.09. The van der Waals surface area contributed by atoms with Gasteiger partial charge in [-0.1, -0.05) is 18.2 Å². The van der Waals surface area contributed by atoms with Crippen molar-refractivity contribution in [2.24, 2.45) is 5.73 Å². The average Bonchev–Trinajstić information content (AvgIpc) is 2.87. The predicted molar refractivity (Wildman–Crippen MR) is 78.5 cm³/mol. The maximum Gasteiger partial charge on any atom is 0.143 e. The van der Waals surface area contributed by atoms with Gasteiger partial charge in [0, 0.05) is 12.1 Å². The topological polar surface area (TPSA) is 67.6 Å². The fourth-order valence-corrected chi connectivity index (χ4v) is 2.45. The van der Waals surface area contributed by atoms with E-state index in [1.807, 2.05) is 41.0 Å². The van der Waals surface area contributed by atoms with Crippen LogP contribution in [0.15, 0.2) is 42.5 Å². The van der Waals surface area contributed by atoms with Crippen molar-refractivity contribution in [3.63, 3.8) is 0 Å². The number of aromatic nitrogens is 2. The lowest BCUT2D eigenvalue weighted by molar-refractivity contribution is 0.625. The molecule has 21 heavy (non-hydrogen) atoms. The summed E-state index contributed by atoms with van der Waals surface area (Å²) in [5.74, 6) is 0.183. The van der Waals surface area contributed by atoms with E-state index in [0.29, 0.717) is 24.0 Å². The molecule has 1 heterocycles. The van der Waals surface area contributed by atoms with Crippen molar-refractivity contribution in [1.82, 2.24) is 9.55 Å². The molecule has 1 aromatic heterocycles. The number of benzene rings is 2. The molecule has 0 saturated heterocycles. The monoisotopic (exact) mass is 280 g/mol. The first kappa shape index (κ1) is 13.3. The van der Waals surface area contributed by atoms with Gasteiger partial charge >= 0.3 is 0 Å². The van der Waals surface area contributed by atoms with Gasteiger partial charge in [0.1, 0.15) is 23.3 Å². The molecule has 0 aliphatic rings. The van der Waals surface area contributed by atoms with Gasteiger partial charge in [0.2, 0.25) is 0 Å². The molecule has 3 aromatic rings. The van der Waals surface area contributed by atoms with Crippen LogP contribution in [0.5, 0.6) is 0 Å². The molecule has 0 bridgehead atoms. The number of para-hydroxylation sites is 1. The number of hydrogen-bond donors (Lipinski definition) is 1. The van der Waals surface area contributed by atoms with Crippen molar-refractivity contribution < 1.29 is 4.39 Å². The van der Waals surface area contributed by atoms with Crippen LogP contribution >= 0.6 is 0 Å². The lowest BCUT2D eigenvalue weighted by atomic mass is 10.2. The standard InChI is InChI=1S/C16H13FN4/c17-13-6-7-14-16(12(13)10-19)21(15(20-14)8-9-18)11-4-2-1-3-5-11/h1-7H,8-9,18H2. The number of nitriles is 1. The third-order valence-electron chi connectivity index (χ3n) is 3.33. The van der Waals surface area contributed by atoms with E-state index in [-0.39, 0.29) is 5.56 Å². The minimum Gasteiger partial charge on any atom is -0.330 e. The van der Waals surface area contributed by atoms with E-state index in [1.165, 1.54) is 6.07 Å². The summed E-state index contributed by atoms with van der Waals surface area (Å²) in [6.07, 6.45) is 0.552. The first-order valence-corrected chi connectivity index (χ1v) is 6.61. The summed E-state index contributed by atoms with van der Waals surface area (Å²) in [7, 11) is 0. The highest BCUT2D eigenvalue weighted by Gasteiger charge is 2.17. The Hall–Kier alpha value is -2.71. The third kappa shape index (κ3) is 2.16. The summed E-state index contributed by atoms with van der Waals surface area (Å²) in [6.45, 7) is 0.431. The second-order valence-electron chi connectivity index (χ2n) is 4.64. The van der Waals surface area contributed by atoms with Gasteiger partial charge < -0.3 is 5.73 Å². The third-order valence-corrected chi connectivity index (χ3v) is 3.33. The Morgan fingerprint density at radius 2 is 1.95 bits per heavy atom. The second-order valence-corrected chi connectivity index (χ2v) is 4.64. The fourth-order valence-electron chi connectivity index (χ4n) is 2.45. The number of fused-ring (bicyclic) bond motifs is 1. The summed E-state index contributed by atoms with van der Waals surface area (Å²) >= 11 is 0. The minimum atomic E-state index is -0.540. The molecule has 0 fully saturated rings. The SMILES string of the molecule is N#Cc1c(F)ccc2nc(CCN)n(-c3ccccc3)c12. The van der Waals surface area contributed by atoms with Gasteiger partial charge in [0.05, 0.1) is 11.0 Å². The van der Waals surface area contributed by atoms with Crippen LogP contribution < -0.4 is 5.73 Å². The molecule has 0 atom stereocenters. The van der Waals surface area contributed by atoms with Crippen LogP contribution in [-0.4, -0.2) is 16.1 Å². The molecule has 3 rings (SSSR count). The van der Waals surface area contributed by atoms with Crippen molar-refractivity contribution in [2.75, 3.05) is 6.54 Å². The van der Waals surface area contributed by atoms with E-state index < -0.39 is 5.82 Å². The van der Waals surface area contributed by atoms with Crippen molar-refractivity contribution in [3.8, 4) is 11.8 Å². The molecule has 4 nitrogen and oxygen atoms in total. The molecule has 0 amide bonds. The summed E-state index contributed by atoms with van der Waals surface area (Å²) in [4.78, 5) is 4.49. The zero-order valence-electron chi connectivity index (χ0n) is 11.3. The van der Waals surface area contributed by atoms with Crippen LogP contribution in [0.1, 0.15) is 11.4 Å².